The maximum Gasteiger partial charge on any atom is 0.431 e. The van der Waals surface area contributed by atoms with Gasteiger partial charge in [0.05, 0.1) is 0 Å². The van der Waals surface area contributed by atoms with Gasteiger partial charge in [-0.1, -0.05) is 65.5 Å². The molecule has 1 heterocycles. The van der Waals surface area contributed by atoms with E-state index in [2.05, 4.69) is 25.4 Å². The standard InChI is InChI=1S/C20H19F3N2O.C7H16/c1-4-18(26)15-7-9-17(10-8-15)25(3)19(20(21,22)23)12-14(2)16-6-5-11-24-13-16;1-3-5-7-6-4-2/h5-13H,2,4H2,1,3H3;3-7H2,1-2H3/b19-12-;. The summed E-state index contributed by atoms with van der Waals surface area (Å²) >= 11 is 0. The highest BCUT2D eigenvalue weighted by atomic mass is 19.4. The molecule has 0 atom stereocenters. The van der Waals surface area contributed by atoms with Gasteiger partial charge in [0.1, 0.15) is 5.70 Å². The van der Waals surface area contributed by atoms with Gasteiger partial charge in [0.15, 0.2) is 5.78 Å². The monoisotopic (exact) mass is 460 g/mol. The van der Waals surface area contributed by atoms with Gasteiger partial charge in [-0.3, -0.25) is 9.78 Å². The molecule has 0 unspecified atom stereocenters. The van der Waals surface area contributed by atoms with Gasteiger partial charge < -0.3 is 4.90 Å². The van der Waals surface area contributed by atoms with Crippen LogP contribution in [0.15, 0.2) is 67.1 Å². The number of aromatic nitrogens is 1. The van der Waals surface area contributed by atoms with Crippen molar-refractivity contribution in [3.8, 4) is 0 Å². The predicted molar refractivity (Wildman–Crippen MR) is 131 cm³/mol. The summed E-state index contributed by atoms with van der Waals surface area (Å²) in [4.78, 5) is 16.6. The molecule has 0 aliphatic carbocycles. The number of rotatable bonds is 10. The molecule has 1 aromatic heterocycles. The molecule has 0 radical (unpaired) electrons. The number of hydrogen-bond acceptors (Lipinski definition) is 3. The van der Waals surface area contributed by atoms with Crippen molar-refractivity contribution in [2.24, 2.45) is 0 Å². The first-order valence-electron chi connectivity index (χ1n) is 11.4. The zero-order chi connectivity index (χ0) is 24.9. The Morgan fingerprint density at radius 1 is 1.00 bits per heavy atom. The summed E-state index contributed by atoms with van der Waals surface area (Å²) in [6.07, 6.45) is 6.76. The van der Waals surface area contributed by atoms with E-state index in [1.807, 2.05) is 0 Å². The summed E-state index contributed by atoms with van der Waals surface area (Å²) in [5.41, 5.74) is 0.643. The van der Waals surface area contributed by atoms with Crippen LogP contribution in [0, 0.1) is 0 Å². The second-order valence-electron chi connectivity index (χ2n) is 7.74. The zero-order valence-electron chi connectivity index (χ0n) is 20.1. The number of carbonyl (C=O) groups excluding carboxylic acids is 1. The van der Waals surface area contributed by atoms with Gasteiger partial charge in [0.25, 0.3) is 0 Å². The quantitative estimate of drug-likeness (QED) is 0.203. The average Bonchev–Trinajstić information content (AvgIpc) is 2.82. The first kappa shape index (κ1) is 28.1. The molecule has 6 heteroatoms. The molecule has 0 aliphatic rings. The fourth-order valence-electron chi connectivity index (χ4n) is 3.06. The second-order valence-corrected chi connectivity index (χ2v) is 7.74. The molecular weight excluding hydrogens is 425 g/mol. The van der Waals surface area contributed by atoms with Crippen LogP contribution in [-0.2, 0) is 0 Å². The Labute approximate surface area is 196 Å². The molecule has 0 aliphatic heterocycles. The average molecular weight is 461 g/mol. The first-order valence-corrected chi connectivity index (χ1v) is 11.4. The Kier molecular flexibility index (Phi) is 12.2. The van der Waals surface area contributed by atoms with Crippen LogP contribution in [0.25, 0.3) is 5.57 Å². The van der Waals surface area contributed by atoms with Crippen LogP contribution >= 0.6 is 0 Å². The summed E-state index contributed by atoms with van der Waals surface area (Å²) in [5, 5.41) is 0. The van der Waals surface area contributed by atoms with Crippen molar-refractivity contribution in [3.63, 3.8) is 0 Å². The van der Waals surface area contributed by atoms with Crippen molar-refractivity contribution in [2.75, 3.05) is 11.9 Å². The molecule has 0 amide bonds. The summed E-state index contributed by atoms with van der Waals surface area (Å²) in [6.45, 7) is 9.94. The third-order valence-electron chi connectivity index (χ3n) is 5.10. The van der Waals surface area contributed by atoms with E-state index in [1.165, 1.54) is 75.8 Å². The normalized spacial score (nSPS) is 11.4. The Balaban J connectivity index is 0.000000675. The van der Waals surface area contributed by atoms with Crippen LogP contribution in [0.3, 0.4) is 0 Å². The van der Waals surface area contributed by atoms with Crippen molar-refractivity contribution in [1.29, 1.82) is 0 Å². The molecule has 0 saturated carbocycles. The number of nitrogens with zero attached hydrogens (tertiary/aromatic N) is 2. The highest BCUT2D eigenvalue weighted by molar-refractivity contribution is 5.96. The topological polar surface area (TPSA) is 33.2 Å². The molecule has 0 saturated heterocycles. The molecule has 3 nitrogen and oxygen atoms in total. The van der Waals surface area contributed by atoms with Gasteiger partial charge in [0, 0.05) is 37.1 Å². The molecule has 2 aromatic rings. The van der Waals surface area contributed by atoms with Crippen LogP contribution < -0.4 is 4.90 Å². The van der Waals surface area contributed by atoms with E-state index in [1.54, 1.807) is 19.1 Å². The molecular formula is C27H35F3N2O. The maximum absolute atomic E-state index is 13.6. The van der Waals surface area contributed by atoms with Gasteiger partial charge in [-0.2, -0.15) is 13.2 Å². The van der Waals surface area contributed by atoms with E-state index in [4.69, 9.17) is 0 Å². The minimum atomic E-state index is -4.57. The molecule has 0 N–H and O–H groups in total. The lowest BCUT2D eigenvalue weighted by Crippen LogP contribution is -2.28. The molecule has 33 heavy (non-hydrogen) atoms. The van der Waals surface area contributed by atoms with Crippen molar-refractivity contribution in [1.82, 2.24) is 4.98 Å². The minimum absolute atomic E-state index is 0.0595. The number of Topliss-reactive ketones (excluding diaryl/α,β-unsaturated/α-hetero) is 1. The lowest BCUT2D eigenvalue weighted by Gasteiger charge is -2.25. The number of ketones is 1. The number of allylic oxidation sites excluding steroid dienone is 3. The fourth-order valence-corrected chi connectivity index (χ4v) is 3.06. The van der Waals surface area contributed by atoms with Gasteiger partial charge in [-0.15, -0.1) is 0 Å². The number of benzene rings is 1. The molecule has 0 bridgehead atoms. The number of hydrogen-bond donors (Lipinski definition) is 0. The number of halogens is 3. The van der Waals surface area contributed by atoms with E-state index >= 15 is 0 Å². The third kappa shape index (κ3) is 9.64. The van der Waals surface area contributed by atoms with Crippen LogP contribution in [0.2, 0.25) is 0 Å². The largest absolute Gasteiger partial charge is 0.431 e. The zero-order valence-corrected chi connectivity index (χ0v) is 20.1. The third-order valence-corrected chi connectivity index (χ3v) is 5.10. The summed E-state index contributed by atoms with van der Waals surface area (Å²) in [7, 11) is 1.33. The highest BCUT2D eigenvalue weighted by Crippen LogP contribution is 2.33. The van der Waals surface area contributed by atoms with Crippen molar-refractivity contribution in [3.05, 3.63) is 78.3 Å². The number of carbonyl (C=O) groups is 1. The first-order chi connectivity index (χ1) is 15.6. The molecule has 1 aromatic carbocycles. The van der Waals surface area contributed by atoms with E-state index < -0.39 is 11.9 Å². The number of alkyl halides is 3. The van der Waals surface area contributed by atoms with Crippen LogP contribution in [-0.4, -0.2) is 24.0 Å². The number of anilines is 1. The number of unbranched alkanes of at least 4 members (excludes halogenated alkanes) is 4. The Morgan fingerprint density at radius 3 is 2.06 bits per heavy atom. The second kappa shape index (κ2) is 14.3. The molecule has 2 rings (SSSR count). The van der Waals surface area contributed by atoms with Crippen LogP contribution in [0.5, 0.6) is 0 Å². The highest BCUT2D eigenvalue weighted by Gasteiger charge is 2.37. The van der Waals surface area contributed by atoms with E-state index in [9.17, 15) is 18.0 Å². The molecule has 180 valence electrons. The maximum atomic E-state index is 13.6. The fraction of sp³-hybridized carbons (Fsp3) is 0.407. The van der Waals surface area contributed by atoms with Crippen LogP contribution in [0.1, 0.15) is 75.2 Å². The summed E-state index contributed by atoms with van der Waals surface area (Å²) < 4.78 is 40.7. The van der Waals surface area contributed by atoms with Crippen molar-refractivity contribution < 1.29 is 18.0 Å². The van der Waals surface area contributed by atoms with Gasteiger partial charge in [-0.05, 0) is 47.5 Å². The van der Waals surface area contributed by atoms with E-state index in [0.29, 0.717) is 23.2 Å². The lowest BCUT2D eigenvalue weighted by molar-refractivity contribution is -0.0928. The number of pyridine rings is 1. The lowest BCUT2D eigenvalue weighted by atomic mass is 10.1. The van der Waals surface area contributed by atoms with Crippen molar-refractivity contribution in [2.45, 2.75) is 65.5 Å². The summed E-state index contributed by atoms with van der Waals surface area (Å²) in [5.74, 6) is -0.0595. The molecule has 0 fully saturated rings. The van der Waals surface area contributed by atoms with Gasteiger partial charge >= 0.3 is 6.18 Å². The van der Waals surface area contributed by atoms with E-state index in [-0.39, 0.29) is 11.4 Å². The van der Waals surface area contributed by atoms with E-state index in [0.717, 1.165) is 11.0 Å². The van der Waals surface area contributed by atoms with Gasteiger partial charge in [0.2, 0.25) is 0 Å². The Bertz CT molecular complexity index is 884. The molecule has 0 spiro atoms. The SMILES string of the molecule is C=C(/C=C(\N(C)c1ccc(C(=O)CC)cc1)C(F)(F)F)c1cccnc1.CCCCCCC. The summed E-state index contributed by atoms with van der Waals surface area (Å²) in [6, 6.07) is 9.33. The predicted octanol–water partition coefficient (Wildman–Crippen LogP) is 8.25. The van der Waals surface area contributed by atoms with Gasteiger partial charge in [-0.25, -0.2) is 0 Å². The Morgan fingerprint density at radius 2 is 1.61 bits per heavy atom. The Hall–Kier alpha value is -2.89. The van der Waals surface area contributed by atoms with Crippen molar-refractivity contribution >= 4 is 17.0 Å². The van der Waals surface area contributed by atoms with Crippen LogP contribution in [0.4, 0.5) is 18.9 Å². The smallest absolute Gasteiger partial charge is 0.341 e. The minimum Gasteiger partial charge on any atom is -0.341 e.